The molecule has 1 aromatic rings. The number of carbonyl (C=O) groups is 2. The molecule has 0 unspecified atom stereocenters. The highest BCUT2D eigenvalue weighted by Crippen LogP contribution is 2.13. The van der Waals surface area contributed by atoms with Gasteiger partial charge in [-0.15, -0.1) is 0 Å². The predicted octanol–water partition coefficient (Wildman–Crippen LogP) is 0.963. The topological polar surface area (TPSA) is 66.6 Å². The molecule has 0 aromatic heterocycles. The van der Waals surface area contributed by atoms with Crippen molar-refractivity contribution in [2.24, 2.45) is 0 Å². The molecule has 0 bridgehead atoms. The monoisotopic (exact) mass is 261 g/mol. The second kappa shape index (κ2) is 5.73. The summed E-state index contributed by atoms with van der Waals surface area (Å²) in [5, 5.41) is 0. The van der Waals surface area contributed by atoms with Crippen molar-refractivity contribution in [2.75, 3.05) is 32.4 Å². The molecule has 1 aliphatic rings. The van der Waals surface area contributed by atoms with E-state index in [1.165, 1.54) is 4.90 Å². The first-order valence-electron chi connectivity index (χ1n) is 6.47. The molecule has 1 aromatic carbocycles. The van der Waals surface area contributed by atoms with E-state index in [9.17, 15) is 9.59 Å². The number of benzene rings is 1. The summed E-state index contributed by atoms with van der Waals surface area (Å²) in [6.07, 6.45) is 2.10. The summed E-state index contributed by atoms with van der Waals surface area (Å²) in [5.41, 5.74) is 6.65. The number of likely N-dealkylation sites (N-methyl/N-ethyl adjacent to an activating group) is 1. The molecule has 1 fully saturated rings. The maximum atomic E-state index is 12.2. The van der Waals surface area contributed by atoms with Crippen LogP contribution >= 0.6 is 0 Å². The average molecular weight is 261 g/mol. The van der Waals surface area contributed by atoms with Gasteiger partial charge in [-0.2, -0.15) is 0 Å². The molecule has 1 saturated heterocycles. The highest BCUT2D eigenvalue weighted by atomic mass is 16.2. The number of carbonyl (C=O) groups excluding carboxylic acids is 2. The summed E-state index contributed by atoms with van der Waals surface area (Å²) in [4.78, 5) is 27.4. The van der Waals surface area contributed by atoms with E-state index in [1.54, 1.807) is 36.2 Å². The van der Waals surface area contributed by atoms with Gasteiger partial charge in [0.05, 0.1) is 12.1 Å². The maximum Gasteiger partial charge on any atom is 0.256 e. The van der Waals surface area contributed by atoms with Gasteiger partial charge in [0.15, 0.2) is 0 Å². The number of para-hydroxylation sites is 1. The lowest BCUT2D eigenvalue weighted by Gasteiger charge is -2.21. The number of nitrogens with two attached hydrogens (primary N) is 1. The van der Waals surface area contributed by atoms with Gasteiger partial charge < -0.3 is 15.5 Å². The second-order valence-corrected chi connectivity index (χ2v) is 4.84. The number of amides is 2. The molecule has 0 spiro atoms. The molecule has 102 valence electrons. The molecule has 5 heteroatoms. The summed E-state index contributed by atoms with van der Waals surface area (Å²) in [5.74, 6) is -0.214. The van der Waals surface area contributed by atoms with Crippen molar-refractivity contribution in [1.29, 1.82) is 0 Å². The Morgan fingerprint density at radius 1 is 1.26 bits per heavy atom. The Kier molecular flexibility index (Phi) is 4.04. The van der Waals surface area contributed by atoms with Gasteiger partial charge in [-0.3, -0.25) is 9.59 Å². The van der Waals surface area contributed by atoms with Crippen molar-refractivity contribution in [3.63, 3.8) is 0 Å². The van der Waals surface area contributed by atoms with E-state index < -0.39 is 0 Å². The Balaban J connectivity index is 1.99. The van der Waals surface area contributed by atoms with Crippen LogP contribution in [0.3, 0.4) is 0 Å². The molecule has 5 nitrogen and oxygen atoms in total. The van der Waals surface area contributed by atoms with Crippen molar-refractivity contribution in [3.8, 4) is 0 Å². The van der Waals surface area contributed by atoms with Gasteiger partial charge in [0.1, 0.15) is 0 Å². The Bertz CT molecular complexity index is 481. The normalized spacial score (nSPS) is 14.5. The van der Waals surface area contributed by atoms with Gasteiger partial charge in [0.2, 0.25) is 5.91 Å². The van der Waals surface area contributed by atoms with Crippen LogP contribution in [-0.2, 0) is 4.79 Å². The van der Waals surface area contributed by atoms with E-state index in [1.807, 2.05) is 0 Å². The fourth-order valence-corrected chi connectivity index (χ4v) is 2.24. The molecule has 0 radical (unpaired) electrons. The number of anilines is 1. The first-order chi connectivity index (χ1) is 9.09. The smallest absolute Gasteiger partial charge is 0.256 e. The lowest BCUT2D eigenvalue weighted by Crippen LogP contribution is -2.40. The summed E-state index contributed by atoms with van der Waals surface area (Å²) in [6, 6.07) is 6.90. The van der Waals surface area contributed by atoms with Crippen molar-refractivity contribution in [1.82, 2.24) is 9.80 Å². The Morgan fingerprint density at radius 2 is 1.89 bits per heavy atom. The van der Waals surface area contributed by atoms with Crippen molar-refractivity contribution >= 4 is 17.5 Å². The van der Waals surface area contributed by atoms with Crippen LogP contribution in [0.1, 0.15) is 23.2 Å². The summed E-state index contributed by atoms with van der Waals surface area (Å²) < 4.78 is 0. The summed E-state index contributed by atoms with van der Waals surface area (Å²) in [6.45, 7) is 1.70. The zero-order chi connectivity index (χ0) is 13.8. The standard InChI is InChI=1S/C14H19N3O2/c1-16(10-13(18)17-8-4-5-9-17)14(19)11-6-2-3-7-12(11)15/h2-3,6-7H,4-5,8-10,15H2,1H3. The van der Waals surface area contributed by atoms with Crippen molar-refractivity contribution < 1.29 is 9.59 Å². The third-order valence-electron chi connectivity index (χ3n) is 3.37. The molecule has 0 aliphatic carbocycles. The molecular weight excluding hydrogens is 242 g/mol. The van der Waals surface area contributed by atoms with Crippen LogP contribution in [0.5, 0.6) is 0 Å². The minimum Gasteiger partial charge on any atom is -0.398 e. The zero-order valence-corrected chi connectivity index (χ0v) is 11.1. The molecule has 1 heterocycles. The minimum absolute atomic E-state index is 0.00264. The van der Waals surface area contributed by atoms with Gasteiger partial charge >= 0.3 is 0 Å². The Labute approximate surface area is 113 Å². The van der Waals surface area contributed by atoms with Gasteiger partial charge in [-0.1, -0.05) is 12.1 Å². The fourth-order valence-electron chi connectivity index (χ4n) is 2.24. The summed E-state index contributed by atoms with van der Waals surface area (Å²) in [7, 11) is 1.63. The predicted molar refractivity (Wildman–Crippen MR) is 73.6 cm³/mol. The van der Waals surface area contributed by atoms with Crippen LogP contribution in [-0.4, -0.2) is 48.3 Å². The van der Waals surface area contributed by atoms with Gasteiger partial charge in [-0.25, -0.2) is 0 Å². The van der Waals surface area contributed by atoms with Crippen molar-refractivity contribution in [2.45, 2.75) is 12.8 Å². The van der Waals surface area contributed by atoms with E-state index >= 15 is 0 Å². The molecular formula is C14H19N3O2. The molecule has 0 saturated carbocycles. The molecule has 2 amide bonds. The second-order valence-electron chi connectivity index (χ2n) is 4.84. The lowest BCUT2D eigenvalue weighted by atomic mass is 10.1. The number of hydrogen-bond acceptors (Lipinski definition) is 3. The van der Waals surface area contributed by atoms with Crippen molar-refractivity contribution in [3.05, 3.63) is 29.8 Å². The van der Waals surface area contributed by atoms with Gasteiger partial charge in [0, 0.05) is 25.8 Å². The van der Waals surface area contributed by atoms with Crippen LogP contribution < -0.4 is 5.73 Å². The largest absolute Gasteiger partial charge is 0.398 e. The highest BCUT2D eigenvalue weighted by Gasteiger charge is 2.22. The molecule has 2 N–H and O–H groups in total. The Hall–Kier alpha value is -2.04. The number of hydrogen-bond donors (Lipinski definition) is 1. The quantitative estimate of drug-likeness (QED) is 0.824. The first-order valence-corrected chi connectivity index (χ1v) is 6.47. The molecule has 1 aliphatic heterocycles. The van der Waals surface area contributed by atoms with E-state index in [4.69, 9.17) is 5.73 Å². The SMILES string of the molecule is CN(CC(=O)N1CCCC1)C(=O)c1ccccc1N. The van der Waals surface area contributed by atoms with E-state index in [-0.39, 0.29) is 18.4 Å². The summed E-state index contributed by atoms with van der Waals surface area (Å²) >= 11 is 0. The molecule has 2 rings (SSSR count). The van der Waals surface area contributed by atoms with Gasteiger partial charge in [-0.05, 0) is 25.0 Å². The molecule has 0 atom stereocenters. The van der Waals surface area contributed by atoms with Crippen LogP contribution in [0.4, 0.5) is 5.69 Å². The minimum atomic E-state index is -0.217. The zero-order valence-electron chi connectivity index (χ0n) is 11.1. The number of nitrogens with zero attached hydrogens (tertiary/aromatic N) is 2. The van der Waals surface area contributed by atoms with E-state index in [0.717, 1.165) is 25.9 Å². The van der Waals surface area contributed by atoms with Crippen LogP contribution in [0.15, 0.2) is 24.3 Å². The third kappa shape index (κ3) is 3.05. The number of nitrogen functional groups attached to an aromatic ring is 1. The maximum absolute atomic E-state index is 12.2. The molecule has 19 heavy (non-hydrogen) atoms. The first kappa shape index (κ1) is 13.4. The highest BCUT2D eigenvalue weighted by molar-refractivity contribution is 6.00. The van der Waals surface area contributed by atoms with Crippen LogP contribution in [0.25, 0.3) is 0 Å². The van der Waals surface area contributed by atoms with Gasteiger partial charge in [0.25, 0.3) is 5.91 Å². The average Bonchev–Trinajstić information content (AvgIpc) is 2.92. The van der Waals surface area contributed by atoms with E-state index in [2.05, 4.69) is 0 Å². The fraction of sp³-hybridized carbons (Fsp3) is 0.429. The number of rotatable bonds is 3. The van der Waals surface area contributed by atoms with Crippen LogP contribution in [0, 0.1) is 0 Å². The lowest BCUT2D eigenvalue weighted by molar-refractivity contribution is -0.130. The van der Waals surface area contributed by atoms with E-state index in [0.29, 0.717) is 11.3 Å². The third-order valence-corrected chi connectivity index (χ3v) is 3.37. The number of likely N-dealkylation sites (tertiary alicyclic amines) is 1. The Morgan fingerprint density at radius 3 is 2.53 bits per heavy atom. The van der Waals surface area contributed by atoms with Crippen LogP contribution in [0.2, 0.25) is 0 Å².